The number of halogens is 1. The van der Waals surface area contributed by atoms with Gasteiger partial charge in [-0.15, -0.1) is 0 Å². The van der Waals surface area contributed by atoms with Crippen molar-refractivity contribution in [3.05, 3.63) is 28.8 Å². The van der Waals surface area contributed by atoms with Gasteiger partial charge in [-0.25, -0.2) is 13.1 Å². The minimum atomic E-state index is -3.51. The van der Waals surface area contributed by atoms with E-state index in [-0.39, 0.29) is 16.5 Å². The van der Waals surface area contributed by atoms with E-state index in [1.54, 1.807) is 0 Å². The van der Waals surface area contributed by atoms with Crippen molar-refractivity contribution in [2.75, 3.05) is 6.54 Å². The van der Waals surface area contributed by atoms with Crippen LogP contribution in [0.1, 0.15) is 38.2 Å². The quantitative estimate of drug-likeness (QED) is 0.726. The Morgan fingerprint density at radius 3 is 2.58 bits per heavy atom. The first-order valence-electron chi connectivity index (χ1n) is 6.40. The lowest BCUT2D eigenvalue weighted by Gasteiger charge is -2.08. The van der Waals surface area contributed by atoms with Crippen LogP contribution < -0.4 is 4.72 Å². The summed E-state index contributed by atoms with van der Waals surface area (Å²) in [6.07, 6.45) is 4.07. The lowest BCUT2D eigenvalue weighted by Crippen LogP contribution is -2.24. The Labute approximate surface area is 119 Å². The lowest BCUT2D eigenvalue weighted by atomic mass is 10.2. The van der Waals surface area contributed by atoms with Gasteiger partial charge in [0.15, 0.2) is 0 Å². The van der Waals surface area contributed by atoms with Gasteiger partial charge in [0.1, 0.15) is 0 Å². The summed E-state index contributed by atoms with van der Waals surface area (Å²) in [6, 6.07) is 4.33. The molecule has 0 bridgehead atoms. The number of rotatable bonds is 8. The van der Waals surface area contributed by atoms with Gasteiger partial charge < -0.3 is 5.11 Å². The van der Waals surface area contributed by atoms with Gasteiger partial charge in [0, 0.05) is 11.6 Å². The second-order valence-corrected chi connectivity index (χ2v) is 6.54. The van der Waals surface area contributed by atoms with E-state index in [2.05, 4.69) is 11.6 Å². The maximum Gasteiger partial charge on any atom is 0.240 e. The van der Waals surface area contributed by atoms with Crippen molar-refractivity contribution in [1.82, 2.24) is 4.72 Å². The molecule has 0 amide bonds. The Morgan fingerprint density at radius 2 is 2.00 bits per heavy atom. The van der Waals surface area contributed by atoms with E-state index in [1.165, 1.54) is 18.2 Å². The molecule has 0 aliphatic rings. The first-order chi connectivity index (χ1) is 9.01. The van der Waals surface area contributed by atoms with Crippen LogP contribution in [0.25, 0.3) is 0 Å². The summed E-state index contributed by atoms with van der Waals surface area (Å²) in [5.41, 5.74) is 0.517. The van der Waals surface area contributed by atoms with Crippen LogP contribution in [0.5, 0.6) is 0 Å². The molecule has 1 aromatic rings. The summed E-state index contributed by atoms with van der Waals surface area (Å²) < 4.78 is 26.5. The minimum absolute atomic E-state index is 0.130. The van der Waals surface area contributed by atoms with Gasteiger partial charge in [-0.2, -0.15) is 0 Å². The molecule has 0 aromatic heterocycles. The van der Waals surface area contributed by atoms with Crippen molar-refractivity contribution in [2.45, 2.75) is 44.1 Å². The summed E-state index contributed by atoms with van der Waals surface area (Å²) in [5, 5.41) is 9.25. The van der Waals surface area contributed by atoms with Crippen molar-refractivity contribution >= 4 is 21.6 Å². The lowest BCUT2D eigenvalue weighted by molar-refractivity contribution is 0.282. The molecule has 0 saturated carbocycles. The largest absolute Gasteiger partial charge is 0.392 e. The van der Waals surface area contributed by atoms with Crippen LogP contribution in [-0.4, -0.2) is 20.1 Å². The first-order valence-corrected chi connectivity index (χ1v) is 8.26. The van der Waals surface area contributed by atoms with E-state index in [9.17, 15) is 8.42 Å². The van der Waals surface area contributed by atoms with Gasteiger partial charge in [-0.1, -0.05) is 43.9 Å². The Morgan fingerprint density at radius 1 is 1.26 bits per heavy atom. The standard InChI is InChI=1S/C13H20ClNO3S/c1-2-3-4-5-8-15-19(17,18)12-7-6-11(10-16)13(14)9-12/h6-7,9,15-16H,2-5,8,10H2,1H3. The summed E-state index contributed by atoms with van der Waals surface area (Å²) in [4.78, 5) is 0.130. The molecule has 0 aliphatic heterocycles. The first kappa shape index (κ1) is 16.4. The summed E-state index contributed by atoms with van der Waals surface area (Å²) in [6.45, 7) is 2.33. The molecular formula is C13H20ClNO3S. The molecule has 1 aromatic carbocycles. The summed E-state index contributed by atoms with van der Waals surface area (Å²) >= 11 is 5.89. The molecule has 0 spiro atoms. The van der Waals surface area contributed by atoms with Crippen LogP contribution >= 0.6 is 11.6 Å². The zero-order chi connectivity index (χ0) is 14.3. The zero-order valence-corrected chi connectivity index (χ0v) is 12.6. The van der Waals surface area contributed by atoms with Crippen molar-refractivity contribution in [1.29, 1.82) is 0 Å². The predicted octanol–water partition coefficient (Wildman–Crippen LogP) is 2.69. The average molecular weight is 306 g/mol. The number of hydrogen-bond acceptors (Lipinski definition) is 3. The maximum absolute atomic E-state index is 12.0. The van der Waals surface area contributed by atoms with Gasteiger partial charge in [-0.3, -0.25) is 0 Å². The van der Waals surface area contributed by atoms with E-state index in [0.717, 1.165) is 25.7 Å². The van der Waals surface area contributed by atoms with Crippen LogP contribution in [0.3, 0.4) is 0 Å². The Kier molecular flexibility index (Phi) is 6.79. The van der Waals surface area contributed by atoms with Gasteiger partial charge in [0.05, 0.1) is 11.5 Å². The van der Waals surface area contributed by atoms with Gasteiger partial charge in [0.25, 0.3) is 0 Å². The van der Waals surface area contributed by atoms with Crippen LogP contribution in [-0.2, 0) is 16.6 Å². The van der Waals surface area contributed by atoms with Crippen molar-refractivity contribution in [3.8, 4) is 0 Å². The highest BCUT2D eigenvalue weighted by molar-refractivity contribution is 7.89. The molecule has 0 saturated heterocycles. The number of aliphatic hydroxyl groups excluding tert-OH is 1. The minimum Gasteiger partial charge on any atom is -0.392 e. The Hall–Kier alpha value is -0.620. The number of benzene rings is 1. The highest BCUT2D eigenvalue weighted by atomic mass is 35.5. The number of unbranched alkanes of at least 4 members (excludes halogenated alkanes) is 3. The summed E-state index contributed by atoms with van der Waals surface area (Å²) in [7, 11) is -3.51. The highest BCUT2D eigenvalue weighted by Gasteiger charge is 2.14. The SMILES string of the molecule is CCCCCCNS(=O)(=O)c1ccc(CO)c(Cl)c1. The third kappa shape index (κ3) is 5.10. The maximum atomic E-state index is 12.0. The molecule has 6 heteroatoms. The smallest absolute Gasteiger partial charge is 0.240 e. The van der Waals surface area contributed by atoms with E-state index in [0.29, 0.717) is 12.1 Å². The third-order valence-electron chi connectivity index (χ3n) is 2.83. The van der Waals surface area contributed by atoms with Gasteiger partial charge in [0.2, 0.25) is 10.0 Å². The molecule has 0 fully saturated rings. The van der Waals surface area contributed by atoms with E-state index in [1.807, 2.05) is 0 Å². The van der Waals surface area contributed by atoms with E-state index < -0.39 is 10.0 Å². The Bertz CT molecular complexity index is 503. The number of aliphatic hydroxyl groups is 1. The normalized spacial score (nSPS) is 11.7. The third-order valence-corrected chi connectivity index (χ3v) is 4.64. The molecule has 4 nitrogen and oxygen atoms in total. The molecule has 108 valence electrons. The molecule has 0 atom stereocenters. The number of nitrogens with one attached hydrogen (secondary N) is 1. The summed E-state index contributed by atoms with van der Waals surface area (Å²) in [5.74, 6) is 0. The molecule has 2 N–H and O–H groups in total. The molecule has 0 aliphatic carbocycles. The zero-order valence-electron chi connectivity index (χ0n) is 11.0. The highest BCUT2D eigenvalue weighted by Crippen LogP contribution is 2.20. The van der Waals surface area contributed by atoms with E-state index in [4.69, 9.17) is 16.7 Å². The van der Waals surface area contributed by atoms with Crippen LogP contribution in [0.2, 0.25) is 5.02 Å². The van der Waals surface area contributed by atoms with Crippen LogP contribution in [0.15, 0.2) is 23.1 Å². The topological polar surface area (TPSA) is 66.4 Å². The van der Waals surface area contributed by atoms with Crippen LogP contribution in [0.4, 0.5) is 0 Å². The van der Waals surface area contributed by atoms with Crippen molar-refractivity contribution in [2.24, 2.45) is 0 Å². The van der Waals surface area contributed by atoms with Gasteiger partial charge >= 0.3 is 0 Å². The van der Waals surface area contributed by atoms with Crippen molar-refractivity contribution in [3.63, 3.8) is 0 Å². The van der Waals surface area contributed by atoms with Gasteiger partial charge in [-0.05, 0) is 24.1 Å². The Balaban J connectivity index is 2.64. The average Bonchev–Trinajstić information content (AvgIpc) is 2.38. The molecular weight excluding hydrogens is 286 g/mol. The number of sulfonamides is 1. The molecule has 0 unspecified atom stereocenters. The van der Waals surface area contributed by atoms with Crippen molar-refractivity contribution < 1.29 is 13.5 Å². The second-order valence-electron chi connectivity index (χ2n) is 4.37. The fourth-order valence-electron chi connectivity index (χ4n) is 1.67. The monoisotopic (exact) mass is 305 g/mol. The number of hydrogen-bond donors (Lipinski definition) is 2. The molecule has 1 rings (SSSR count). The predicted molar refractivity (Wildman–Crippen MR) is 76.7 cm³/mol. The van der Waals surface area contributed by atoms with E-state index >= 15 is 0 Å². The molecule has 0 heterocycles. The fourth-order valence-corrected chi connectivity index (χ4v) is 3.07. The van der Waals surface area contributed by atoms with Crippen LogP contribution in [0, 0.1) is 0 Å². The fraction of sp³-hybridized carbons (Fsp3) is 0.538. The molecule has 19 heavy (non-hydrogen) atoms. The second kappa shape index (κ2) is 7.85. The molecule has 0 radical (unpaired) electrons.